The maximum atomic E-state index is 4.49. The molecule has 0 bridgehead atoms. The molecule has 0 spiro atoms. The zero-order chi connectivity index (χ0) is 13.0. The van der Waals surface area contributed by atoms with Gasteiger partial charge in [-0.1, -0.05) is 18.2 Å². The van der Waals surface area contributed by atoms with Crippen molar-refractivity contribution in [2.24, 2.45) is 0 Å². The highest BCUT2D eigenvalue weighted by atomic mass is 15.5. The van der Waals surface area contributed by atoms with Gasteiger partial charge in [0.1, 0.15) is 18.2 Å². The molecule has 2 aliphatic heterocycles. The molecule has 4 rings (SSSR count). The van der Waals surface area contributed by atoms with E-state index >= 15 is 0 Å². The van der Waals surface area contributed by atoms with Crippen LogP contribution in [0, 0.1) is 0 Å². The molecule has 96 valence electrons. The second-order valence-corrected chi connectivity index (χ2v) is 5.42. The first-order chi connectivity index (χ1) is 9.27. The molecule has 4 nitrogen and oxygen atoms in total. The Kier molecular flexibility index (Phi) is 2.10. The van der Waals surface area contributed by atoms with Gasteiger partial charge in [-0.05, 0) is 25.5 Å². The summed E-state index contributed by atoms with van der Waals surface area (Å²) in [5.74, 6) is 1.06. The second kappa shape index (κ2) is 3.70. The van der Waals surface area contributed by atoms with Crippen LogP contribution in [0.25, 0.3) is 0 Å². The molecule has 0 N–H and O–H groups in total. The highest BCUT2D eigenvalue weighted by Gasteiger charge is 2.43. The Bertz CT molecular complexity index is 638. The van der Waals surface area contributed by atoms with Gasteiger partial charge in [0.05, 0.1) is 6.20 Å². The molecule has 0 aliphatic carbocycles. The summed E-state index contributed by atoms with van der Waals surface area (Å²) in [5, 5.41) is 0. The third kappa shape index (κ3) is 1.34. The summed E-state index contributed by atoms with van der Waals surface area (Å²) < 4.78 is 0. The molecule has 0 amide bonds. The first-order valence-corrected chi connectivity index (χ1v) is 6.73. The van der Waals surface area contributed by atoms with Crippen LogP contribution in [0.15, 0.2) is 36.8 Å². The van der Waals surface area contributed by atoms with Crippen molar-refractivity contribution in [2.75, 3.05) is 9.80 Å². The Balaban J connectivity index is 1.92. The molecule has 2 aromatic rings. The van der Waals surface area contributed by atoms with Crippen molar-refractivity contribution in [3.63, 3.8) is 0 Å². The number of para-hydroxylation sites is 1. The van der Waals surface area contributed by atoms with Gasteiger partial charge in [0.2, 0.25) is 0 Å². The standard InChI is InChI=1S/C15H16N4/c1-10(2)18-14-7-11-5-3-4-6-12(11)19(14)13-8-16-9-17-15(13)18/h3-6,8-10,14H,7H2,1-2H3. The maximum Gasteiger partial charge on any atom is 0.157 e. The van der Waals surface area contributed by atoms with Crippen LogP contribution in [0.5, 0.6) is 0 Å². The average Bonchev–Trinajstić information content (AvgIpc) is 2.91. The molecule has 1 aromatic heterocycles. The number of rotatable bonds is 1. The molecule has 0 radical (unpaired) electrons. The van der Waals surface area contributed by atoms with Gasteiger partial charge in [-0.25, -0.2) is 9.97 Å². The molecule has 4 heteroatoms. The maximum absolute atomic E-state index is 4.49. The van der Waals surface area contributed by atoms with Crippen molar-refractivity contribution in [1.29, 1.82) is 0 Å². The fourth-order valence-electron chi connectivity index (χ4n) is 3.29. The number of fused-ring (bicyclic) bond motifs is 5. The van der Waals surface area contributed by atoms with E-state index < -0.39 is 0 Å². The van der Waals surface area contributed by atoms with E-state index in [-0.39, 0.29) is 0 Å². The van der Waals surface area contributed by atoms with E-state index in [0.29, 0.717) is 12.2 Å². The molecule has 19 heavy (non-hydrogen) atoms. The Morgan fingerprint density at radius 3 is 2.89 bits per heavy atom. The van der Waals surface area contributed by atoms with Gasteiger partial charge in [-0.3, -0.25) is 0 Å². The molecule has 0 saturated heterocycles. The van der Waals surface area contributed by atoms with Gasteiger partial charge in [-0.15, -0.1) is 0 Å². The summed E-state index contributed by atoms with van der Waals surface area (Å²) >= 11 is 0. The van der Waals surface area contributed by atoms with Gasteiger partial charge < -0.3 is 9.80 Å². The van der Waals surface area contributed by atoms with Gasteiger partial charge in [0.25, 0.3) is 0 Å². The highest BCUT2D eigenvalue weighted by Crippen LogP contribution is 2.49. The minimum Gasteiger partial charge on any atom is -0.331 e. The monoisotopic (exact) mass is 252 g/mol. The topological polar surface area (TPSA) is 32.3 Å². The van der Waals surface area contributed by atoms with E-state index in [1.807, 2.05) is 6.20 Å². The summed E-state index contributed by atoms with van der Waals surface area (Å²) in [6.45, 7) is 4.44. The number of anilines is 3. The van der Waals surface area contributed by atoms with Crippen LogP contribution in [-0.4, -0.2) is 22.2 Å². The molecule has 1 unspecified atom stereocenters. The van der Waals surface area contributed by atoms with E-state index in [1.54, 1.807) is 6.33 Å². The van der Waals surface area contributed by atoms with Crippen molar-refractivity contribution in [3.8, 4) is 0 Å². The number of nitrogens with zero attached hydrogens (tertiary/aromatic N) is 4. The number of benzene rings is 1. The molecule has 1 atom stereocenters. The molecule has 2 aliphatic rings. The first kappa shape index (κ1) is 10.8. The molecule has 3 heterocycles. The second-order valence-electron chi connectivity index (χ2n) is 5.42. The normalized spacial score (nSPS) is 19.6. The molecule has 1 aromatic carbocycles. The van der Waals surface area contributed by atoms with Gasteiger partial charge in [-0.2, -0.15) is 0 Å². The van der Waals surface area contributed by atoms with Gasteiger partial charge in [0.15, 0.2) is 5.82 Å². The lowest BCUT2D eigenvalue weighted by Gasteiger charge is -2.30. The quantitative estimate of drug-likeness (QED) is 0.781. The predicted molar refractivity (Wildman–Crippen MR) is 75.7 cm³/mol. The van der Waals surface area contributed by atoms with Crippen molar-refractivity contribution >= 4 is 17.2 Å². The Hall–Kier alpha value is -2.10. The fourth-order valence-corrected chi connectivity index (χ4v) is 3.29. The van der Waals surface area contributed by atoms with E-state index in [0.717, 1.165) is 17.9 Å². The third-order valence-corrected chi connectivity index (χ3v) is 4.01. The van der Waals surface area contributed by atoms with Crippen LogP contribution in [0.4, 0.5) is 17.2 Å². The van der Waals surface area contributed by atoms with Crippen LogP contribution in [0.2, 0.25) is 0 Å². The van der Waals surface area contributed by atoms with Crippen molar-refractivity contribution in [3.05, 3.63) is 42.4 Å². The lowest BCUT2D eigenvalue weighted by Crippen LogP contribution is -2.43. The largest absolute Gasteiger partial charge is 0.331 e. The van der Waals surface area contributed by atoms with Gasteiger partial charge in [0, 0.05) is 18.2 Å². The summed E-state index contributed by atoms with van der Waals surface area (Å²) in [7, 11) is 0. The zero-order valence-corrected chi connectivity index (χ0v) is 11.1. The predicted octanol–water partition coefficient (Wildman–Crippen LogP) is 2.73. The minimum absolute atomic E-state index is 0.351. The average molecular weight is 252 g/mol. The number of hydrogen-bond donors (Lipinski definition) is 0. The lowest BCUT2D eigenvalue weighted by molar-refractivity contribution is 0.585. The Morgan fingerprint density at radius 2 is 2.05 bits per heavy atom. The van der Waals surface area contributed by atoms with Crippen molar-refractivity contribution in [2.45, 2.75) is 32.5 Å². The SMILES string of the molecule is CC(C)N1c2ncncc2N2c3ccccc3CC21. The van der Waals surface area contributed by atoms with Crippen LogP contribution in [0.3, 0.4) is 0 Å². The molecule has 0 fully saturated rings. The van der Waals surface area contributed by atoms with Crippen molar-refractivity contribution in [1.82, 2.24) is 9.97 Å². The van der Waals surface area contributed by atoms with E-state index in [1.165, 1.54) is 11.3 Å². The van der Waals surface area contributed by atoms with Crippen LogP contribution >= 0.6 is 0 Å². The van der Waals surface area contributed by atoms with Crippen molar-refractivity contribution < 1.29 is 0 Å². The van der Waals surface area contributed by atoms with Crippen LogP contribution < -0.4 is 9.80 Å². The lowest BCUT2D eigenvalue weighted by atomic mass is 10.1. The summed E-state index contributed by atoms with van der Waals surface area (Å²) in [6.07, 6.45) is 4.97. The third-order valence-electron chi connectivity index (χ3n) is 4.01. The summed E-state index contributed by atoms with van der Waals surface area (Å²) in [5.41, 5.74) is 3.84. The summed E-state index contributed by atoms with van der Waals surface area (Å²) in [4.78, 5) is 13.5. The number of hydrogen-bond acceptors (Lipinski definition) is 4. The number of aromatic nitrogens is 2. The zero-order valence-electron chi connectivity index (χ0n) is 11.1. The van der Waals surface area contributed by atoms with E-state index in [9.17, 15) is 0 Å². The van der Waals surface area contributed by atoms with Crippen LogP contribution in [0.1, 0.15) is 19.4 Å². The van der Waals surface area contributed by atoms with E-state index in [2.05, 4.69) is 57.9 Å². The molecular formula is C15H16N4. The first-order valence-electron chi connectivity index (χ1n) is 6.73. The fraction of sp³-hybridized carbons (Fsp3) is 0.333. The Morgan fingerprint density at radius 1 is 1.21 bits per heavy atom. The highest BCUT2D eigenvalue weighted by molar-refractivity contribution is 5.84. The smallest absolute Gasteiger partial charge is 0.157 e. The summed E-state index contributed by atoms with van der Waals surface area (Å²) in [6, 6.07) is 9.05. The minimum atomic E-state index is 0.351. The Labute approximate surface area is 112 Å². The molecule has 0 saturated carbocycles. The molecular weight excluding hydrogens is 236 g/mol. The van der Waals surface area contributed by atoms with E-state index in [4.69, 9.17) is 0 Å². The van der Waals surface area contributed by atoms with Gasteiger partial charge >= 0.3 is 0 Å². The van der Waals surface area contributed by atoms with Crippen LogP contribution in [-0.2, 0) is 6.42 Å².